The highest BCUT2D eigenvalue weighted by Crippen LogP contribution is 2.31. The summed E-state index contributed by atoms with van der Waals surface area (Å²) in [4.78, 5) is 38.1. The Labute approximate surface area is 266 Å². The van der Waals surface area contributed by atoms with E-state index in [1.54, 1.807) is 51.0 Å². The first-order valence-electron chi connectivity index (χ1n) is 14.7. The summed E-state index contributed by atoms with van der Waals surface area (Å²) in [5.74, 6) is 1.80. The van der Waals surface area contributed by atoms with Crippen LogP contribution in [0.15, 0.2) is 84.1 Å². The van der Waals surface area contributed by atoms with Gasteiger partial charge in [-0.25, -0.2) is 4.99 Å². The predicted octanol–water partition coefficient (Wildman–Crippen LogP) is 5.82. The largest absolute Gasteiger partial charge is 0.493 e. The van der Waals surface area contributed by atoms with Crippen molar-refractivity contribution in [2.24, 2.45) is 10.7 Å². The first-order valence-corrected chi connectivity index (χ1v) is 14.7. The molecule has 13 heteroatoms. The number of aromatic nitrogens is 5. The van der Waals surface area contributed by atoms with Gasteiger partial charge in [0.15, 0.2) is 11.5 Å². The molecule has 0 saturated heterocycles. The second kappa shape index (κ2) is 15.1. The molecule has 2 aromatic carbocycles. The van der Waals surface area contributed by atoms with Crippen molar-refractivity contribution in [1.29, 1.82) is 0 Å². The standard InChI is InChI=1S/C33H36N10O3/c1-4-5-6-7-14-36-29-17-21(20-37-29)16-26(30(34)44)40-33-42-31(38-23-10-12-25-22(18-23)9-8-15-35-25)41-32(43-33)39-24-11-13-27(45-2)28(19-24)46-3/h6-15,17-20,26,37H,4-5,16H2,1-3H3,(H2,34,44)(H3,38,39,40,41,42,43)/b7-6-,36-14-. The van der Waals surface area contributed by atoms with Crippen LogP contribution in [0.3, 0.4) is 0 Å². The maximum absolute atomic E-state index is 12.6. The van der Waals surface area contributed by atoms with Gasteiger partial charge in [-0.15, -0.1) is 0 Å². The molecule has 0 bridgehead atoms. The number of aliphatic imine (C=N–C) groups is 1. The Morgan fingerprint density at radius 1 is 0.978 bits per heavy atom. The number of carbonyl (C=O) groups excluding carboxylic acids is 1. The molecule has 6 N–H and O–H groups in total. The number of hydrogen-bond acceptors (Lipinski definition) is 11. The maximum Gasteiger partial charge on any atom is 0.240 e. The molecule has 1 amide bonds. The molecule has 46 heavy (non-hydrogen) atoms. The molecule has 13 nitrogen and oxygen atoms in total. The fourth-order valence-corrected chi connectivity index (χ4v) is 4.56. The van der Waals surface area contributed by atoms with Gasteiger partial charge in [0.05, 0.1) is 19.7 Å². The van der Waals surface area contributed by atoms with E-state index in [4.69, 9.17) is 15.2 Å². The molecule has 5 rings (SSSR count). The molecule has 3 heterocycles. The molecule has 3 aromatic heterocycles. The quantitative estimate of drug-likeness (QED) is 0.0896. The van der Waals surface area contributed by atoms with Crippen LogP contribution in [0.4, 0.5) is 35.0 Å². The fourth-order valence-electron chi connectivity index (χ4n) is 4.56. The highest BCUT2D eigenvalue weighted by Gasteiger charge is 2.20. The summed E-state index contributed by atoms with van der Waals surface area (Å²) in [6.07, 6.45) is 11.6. The van der Waals surface area contributed by atoms with Gasteiger partial charge in [0.2, 0.25) is 23.8 Å². The maximum atomic E-state index is 12.6. The zero-order valence-electron chi connectivity index (χ0n) is 25.8. The Balaban J connectivity index is 1.41. The molecule has 0 aliphatic carbocycles. The monoisotopic (exact) mass is 620 g/mol. The number of hydrogen-bond donors (Lipinski definition) is 5. The van der Waals surface area contributed by atoms with Gasteiger partial charge in [-0.2, -0.15) is 15.0 Å². The number of amides is 1. The molecule has 236 valence electrons. The summed E-state index contributed by atoms with van der Waals surface area (Å²) in [5.41, 5.74) is 8.90. The van der Waals surface area contributed by atoms with Crippen molar-refractivity contribution in [2.45, 2.75) is 32.2 Å². The van der Waals surface area contributed by atoms with E-state index in [0.29, 0.717) is 23.0 Å². The summed E-state index contributed by atoms with van der Waals surface area (Å²) in [6, 6.07) is 15.9. The number of unbranched alkanes of at least 4 members (excludes halogenated alkanes) is 1. The molecule has 1 unspecified atom stereocenters. The zero-order valence-corrected chi connectivity index (χ0v) is 25.8. The summed E-state index contributed by atoms with van der Waals surface area (Å²) < 4.78 is 10.8. The Hall–Kier alpha value is -5.98. The van der Waals surface area contributed by atoms with Crippen LogP contribution in [0, 0.1) is 0 Å². The van der Waals surface area contributed by atoms with Gasteiger partial charge in [0.25, 0.3) is 0 Å². The van der Waals surface area contributed by atoms with E-state index in [2.05, 4.69) is 58.9 Å². The number of aromatic amines is 1. The summed E-state index contributed by atoms with van der Waals surface area (Å²) >= 11 is 0. The number of nitrogens with one attached hydrogen (secondary N) is 4. The van der Waals surface area contributed by atoms with Crippen molar-refractivity contribution in [2.75, 3.05) is 30.2 Å². The number of methoxy groups -OCH3 is 2. The fraction of sp³-hybridized carbons (Fsp3) is 0.212. The number of carbonyl (C=O) groups is 1. The zero-order chi connectivity index (χ0) is 32.3. The van der Waals surface area contributed by atoms with Crippen LogP contribution >= 0.6 is 0 Å². The van der Waals surface area contributed by atoms with E-state index < -0.39 is 11.9 Å². The number of anilines is 5. The lowest BCUT2D eigenvalue weighted by molar-refractivity contribution is -0.118. The van der Waals surface area contributed by atoms with Crippen LogP contribution < -0.4 is 31.2 Å². The third kappa shape index (κ3) is 8.34. The number of rotatable bonds is 15. The topological polar surface area (TPSA) is 177 Å². The highest BCUT2D eigenvalue weighted by atomic mass is 16.5. The van der Waals surface area contributed by atoms with Gasteiger partial charge >= 0.3 is 0 Å². The van der Waals surface area contributed by atoms with Gasteiger partial charge in [-0.1, -0.05) is 25.5 Å². The number of primary amides is 1. The van der Waals surface area contributed by atoms with E-state index in [0.717, 1.165) is 35.0 Å². The first-order chi connectivity index (χ1) is 22.4. The van der Waals surface area contributed by atoms with E-state index >= 15 is 0 Å². The second-order valence-electron chi connectivity index (χ2n) is 10.2. The van der Waals surface area contributed by atoms with Crippen LogP contribution in [0.1, 0.15) is 25.3 Å². The van der Waals surface area contributed by atoms with Crippen molar-refractivity contribution >= 4 is 58.1 Å². The average molecular weight is 621 g/mol. The lowest BCUT2D eigenvalue weighted by atomic mass is 10.1. The van der Waals surface area contributed by atoms with Crippen molar-refractivity contribution < 1.29 is 14.3 Å². The number of pyridine rings is 1. The second-order valence-corrected chi connectivity index (χ2v) is 10.2. The minimum absolute atomic E-state index is 0.140. The molecule has 0 saturated carbocycles. The highest BCUT2D eigenvalue weighted by molar-refractivity contribution is 5.84. The van der Waals surface area contributed by atoms with Crippen LogP contribution in [0.2, 0.25) is 0 Å². The van der Waals surface area contributed by atoms with Crippen molar-refractivity contribution in [3.63, 3.8) is 0 Å². The third-order valence-electron chi connectivity index (χ3n) is 6.84. The van der Waals surface area contributed by atoms with E-state index in [9.17, 15) is 4.79 Å². The number of fused-ring (bicyclic) bond motifs is 1. The lowest BCUT2D eigenvalue weighted by Gasteiger charge is -2.17. The first kappa shape index (κ1) is 31.4. The average Bonchev–Trinajstić information content (AvgIpc) is 3.51. The van der Waals surface area contributed by atoms with Crippen LogP contribution in [-0.2, 0) is 11.2 Å². The Morgan fingerprint density at radius 2 is 1.72 bits per heavy atom. The van der Waals surface area contributed by atoms with Crippen LogP contribution in [0.5, 0.6) is 11.5 Å². The SMILES string of the molecule is CCC/C=C\C=N/c1cc(CC(Nc2nc(Nc3ccc(OC)c(OC)c3)nc(Nc3ccc4ncccc4c3)n2)C(N)=O)c[nH]1. The van der Waals surface area contributed by atoms with Gasteiger partial charge in [-0.05, 0) is 60.5 Å². The predicted molar refractivity (Wildman–Crippen MR) is 181 cm³/mol. The van der Waals surface area contributed by atoms with Crippen molar-refractivity contribution in [3.8, 4) is 11.5 Å². The number of allylic oxidation sites excluding steroid dienone is 2. The molecule has 0 radical (unpaired) electrons. The Bertz CT molecular complexity index is 1850. The summed E-state index contributed by atoms with van der Waals surface area (Å²) in [6.45, 7) is 2.12. The lowest BCUT2D eigenvalue weighted by Crippen LogP contribution is -2.37. The number of benzene rings is 2. The van der Waals surface area contributed by atoms with Crippen LogP contribution in [0.25, 0.3) is 10.9 Å². The Kier molecular flexibility index (Phi) is 10.4. The minimum Gasteiger partial charge on any atom is -0.493 e. The van der Waals surface area contributed by atoms with Crippen LogP contribution in [-0.4, -0.2) is 57.3 Å². The summed E-state index contributed by atoms with van der Waals surface area (Å²) in [5, 5.41) is 10.5. The number of H-pyrrole nitrogens is 1. The van der Waals surface area contributed by atoms with Gasteiger partial charge in [0.1, 0.15) is 11.9 Å². The molecule has 5 aromatic rings. The number of nitrogens with two attached hydrogens (primary N) is 1. The molecule has 1 atom stereocenters. The molecule has 0 spiro atoms. The molecule has 0 aliphatic rings. The number of nitrogens with zero attached hydrogens (tertiary/aromatic N) is 5. The van der Waals surface area contributed by atoms with Gasteiger partial charge in [-0.3, -0.25) is 9.78 Å². The van der Waals surface area contributed by atoms with E-state index in [-0.39, 0.29) is 24.3 Å². The molecule has 0 fully saturated rings. The minimum atomic E-state index is -0.826. The Morgan fingerprint density at radius 3 is 2.46 bits per heavy atom. The van der Waals surface area contributed by atoms with Gasteiger partial charge < -0.3 is 36.1 Å². The van der Waals surface area contributed by atoms with Gasteiger partial charge in [0, 0.05) is 47.9 Å². The van der Waals surface area contributed by atoms with Crippen molar-refractivity contribution in [3.05, 3.63) is 84.7 Å². The van der Waals surface area contributed by atoms with Crippen molar-refractivity contribution in [1.82, 2.24) is 24.9 Å². The summed E-state index contributed by atoms with van der Waals surface area (Å²) in [7, 11) is 3.13. The molecule has 0 aliphatic heterocycles. The molecular formula is C33H36N10O3. The van der Waals surface area contributed by atoms with E-state index in [1.807, 2.05) is 42.5 Å². The number of ether oxygens (including phenoxy) is 2. The normalized spacial score (nSPS) is 12.0. The molecular weight excluding hydrogens is 584 g/mol. The smallest absolute Gasteiger partial charge is 0.240 e. The van der Waals surface area contributed by atoms with E-state index in [1.165, 1.54) is 0 Å². The third-order valence-corrected chi connectivity index (χ3v) is 6.84.